The molecule has 3 nitrogen and oxygen atoms in total. The van der Waals surface area contributed by atoms with Crippen molar-refractivity contribution in [3.8, 4) is 100 Å². The first-order chi connectivity index (χ1) is 49.5. The molecule has 13 aromatic carbocycles. The Morgan fingerprint density at radius 2 is 0.466 bits per heavy atom. The van der Waals surface area contributed by atoms with E-state index in [9.17, 15) is 0 Å². The SMILES string of the molecule is CC(C)(C)c1cc(N2c3ccc(-c4ccccc4)cc3B3c4cc(-c5ccccc5)ccc4N(c4cc(C(C)(C)C)cc(C(C)(C)C)c4)c4cc(-c5cc(-c6cc(-c7ccccc7)cc(-c7ccccc7)c6)cc(-c6cc(-c7ccccc7)cc(-c7ccccc7)c6)n5)cc2c43)cc(C(C)(C)C)c1. The molecule has 4 heteroatoms. The second-order valence-corrected chi connectivity index (χ2v) is 32.5. The zero-order valence-electron chi connectivity index (χ0n) is 61.4. The summed E-state index contributed by atoms with van der Waals surface area (Å²) in [4.78, 5) is 11.4. The zero-order valence-corrected chi connectivity index (χ0v) is 61.4. The highest BCUT2D eigenvalue weighted by atomic mass is 15.2. The average molecular weight is 1330 g/mol. The summed E-state index contributed by atoms with van der Waals surface area (Å²) in [5.74, 6) is 0. The smallest absolute Gasteiger partial charge is 0.252 e. The Hall–Kier alpha value is -11.3. The van der Waals surface area contributed by atoms with E-state index in [1.165, 1.54) is 60.9 Å². The molecule has 502 valence electrons. The van der Waals surface area contributed by atoms with Gasteiger partial charge in [0.1, 0.15) is 0 Å². The van der Waals surface area contributed by atoms with Crippen LogP contribution in [0.15, 0.2) is 315 Å². The van der Waals surface area contributed by atoms with Crippen molar-refractivity contribution in [2.45, 2.75) is 105 Å². The van der Waals surface area contributed by atoms with Gasteiger partial charge >= 0.3 is 0 Å². The second-order valence-electron chi connectivity index (χ2n) is 32.5. The molecule has 0 bridgehead atoms. The summed E-state index contributed by atoms with van der Waals surface area (Å²) in [6.45, 7) is 28.1. The molecule has 103 heavy (non-hydrogen) atoms. The molecule has 0 spiro atoms. The minimum atomic E-state index is -0.200. The number of hydrogen-bond acceptors (Lipinski definition) is 3. The Morgan fingerprint density at radius 1 is 0.214 bits per heavy atom. The highest BCUT2D eigenvalue weighted by molar-refractivity contribution is 7.00. The van der Waals surface area contributed by atoms with E-state index in [2.05, 4.69) is 408 Å². The Bertz CT molecular complexity index is 5000. The lowest BCUT2D eigenvalue weighted by Crippen LogP contribution is -2.61. The maximum Gasteiger partial charge on any atom is 0.252 e. The monoisotopic (exact) mass is 1330 g/mol. The van der Waals surface area contributed by atoms with E-state index in [-0.39, 0.29) is 28.4 Å². The molecule has 16 rings (SSSR count). The van der Waals surface area contributed by atoms with Crippen LogP contribution in [0.1, 0.15) is 105 Å². The van der Waals surface area contributed by atoms with E-state index in [4.69, 9.17) is 4.98 Å². The van der Waals surface area contributed by atoms with Crippen molar-refractivity contribution < 1.29 is 0 Å². The molecule has 0 radical (unpaired) electrons. The Labute approximate surface area is 611 Å². The van der Waals surface area contributed by atoms with Gasteiger partial charge < -0.3 is 9.80 Å². The standard InChI is InChI=1S/C99H88BN3/c1-96(2,3)81-59-82(97(4,5)6)62-85(61-81)102-91-45-43-71(65-31-19-13-20-32-65)53-87(91)100-88-54-72(66-33-21-14-22-34-66)44-46-92(88)103(86-63-83(98(7,8)9)60-84(64-86)99(10,11)12)94-58-80(57-93(102)95(94)100)90-56-78(77-49-73(67-35-23-15-24-36-67)47-74(50-77)68-37-25-16-26-38-68)55-89(101-90)79-51-75(69-39-27-17-28-40-69)48-76(52-79)70-41-29-18-30-42-70/h13-64H,1-12H3. The molecule has 0 unspecified atom stereocenters. The predicted molar refractivity (Wildman–Crippen MR) is 442 cm³/mol. The number of aromatic nitrogens is 1. The lowest BCUT2D eigenvalue weighted by atomic mass is 9.33. The van der Waals surface area contributed by atoms with Crippen LogP contribution >= 0.6 is 0 Å². The van der Waals surface area contributed by atoms with E-state index >= 15 is 0 Å². The number of pyridine rings is 1. The number of anilines is 6. The molecule has 14 aromatic rings. The third-order valence-electron chi connectivity index (χ3n) is 21.1. The summed E-state index contributed by atoms with van der Waals surface area (Å²) in [7, 11) is 0. The van der Waals surface area contributed by atoms with Crippen LogP contribution in [-0.4, -0.2) is 11.7 Å². The van der Waals surface area contributed by atoms with Gasteiger partial charge in [-0.1, -0.05) is 301 Å². The molecular formula is C99H88BN3. The van der Waals surface area contributed by atoms with E-state index in [0.717, 1.165) is 112 Å². The van der Waals surface area contributed by atoms with Crippen molar-refractivity contribution in [3.63, 3.8) is 0 Å². The number of nitrogens with zero attached hydrogens (tertiary/aromatic N) is 3. The molecule has 0 amide bonds. The van der Waals surface area contributed by atoms with Crippen LogP contribution in [0.5, 0.6) is 0 Å². The quantitative estimate of drug-likeness (QED) is 0.120. The normalized spacial score (nSPS) is 12.8. The predicted octanol–water partition coefficient (Wildman–Crippen LogP) is 25.4. The van der Waals surface area contributed by atoms with Crippen molar-refractivity contribution in [1.29, 1.82) is 0 Å². The lowest BCUT2D eigenvalue weighted by Gasteiger charge is -2.45. The fourth-order valence-corrected chi connectivity index (χ4v) is 15.3. The van der Waals surface area contributed by atoms with Crippen LogP contribution in [0.25, 0.3) is 100 Å². The molecule has 1 aromatic heterocycles. The fourth-order valence-electron chi connectivity index (χ4n) is 15.3. The highest BCUT2D eigenvalue weighted by Gasteiger charge is 2.45. The highest BCUT2D eigenvalue weighted by Crippen LogP contribution is 2.50. The molecule has 0 fully saturated rings. The Morgan fingerprint density at radius 3 is 0.757 bits per heavy atom. The summed E-state index contributed by atoms with van der Waals surface area (Å²) < 4.78 is 0. The van der Waals surface area contributed by atoms with Gasteiger partial charge in [0, 0.05) is 45.3 Å². The van der Waals surface area contributed by atoms with E-state index in [0.29, 0.717) is 0 Å². The Balaban J connectivity index is 1.06. The topological polar surface area (TPSA) is 19.4 Å². The molecule has 0 saturated carbocycles. The number of hydrogen-bond donors (Lipinski definition) is 0. The molecular weight excluding hydrogens is 1240 g/mol. The third-order valence-corrected chi connectivity index (χ3v) is 21.1. The first-order valence-corrected chi connectivity index (χ1v) is 36.6. The van der Waals surface area contributed by atoms with Crippen molar-refractivity contribution in [1.82, 2.24) is 4.98 Å². The maximum atomic E-state index is 6.11. The number of benzene rings is 13. The minimum Gasteiger partial charge on any atom is -0.311 e. The molecule has 2 aliphatic rings. The number of rotatable bonds is 11. The summed E-state index contributed by atoms with van der Waals surface area (Å²) in [6, 6.07) is 119. The van der Waals surface area contributed by atoms with E-state index in [1.54, 1.807) is 0 Å². The van der Waals surface area contributed by atoms with E-state index in [1.807, 2.05) is 0 Å². The van der Waals surface area contributed by atoms with Gasteiger partial charge in [0.2, 0.25) is 0 Å². The van der Waals surface area contributed by atoms with Gasteiger partial charge in [0.25, 0.3) is 6.71 Å². The largest absolute Gasteiger partial charge is 0.311 e. The first kappa shape index (κ1) is 66.2. The lowest BCUT2D eigenvalue weighted by molar-refractivity contribution is 0.568. The van der Waals surface area contributed by atoms with Gasteiger partial charge in [-0.25, -0.2) is 4.98 Å². The van der Waals surface area contributed by atoms with Crippen LogP contribution in [-0.2, 0) is 21.7 Å². The van der Waals surface area contributed by atoms with Gasteiger partial charge in [-0.15, -0.1) is 0 Å². The van der Waals surface area contributed by atoms with Gasteiger partial charge in [-0.2, -0.15) is 0 Å². The van der Waals surface area contributed by atoms with Gasteiger partial charge in [0.15, 0.2) is 0 Å². The van der Waals surface area contributed by atoms with Crippen LogP contribution in [0.4, 0.5) is 34.1 Å². The summed E-state index contributed by atoms with van der Waals surface area (Å²) >= 11 is 0. The summed E-state index contributed by atoms with van der Waals surface area (Å²) in [5.41, 5.74) is 34.9. The summed E-state index contributed by atoms with van der Waals surface area (Å²) in [6.07, 6.45) is 0. The van der Waals surface area contributed by atoms with Gasteiger partial charge in [-0.05, 0) is 235 Å². The fraction of sp³-hybridized carbons (Fsp3) is 0.162. The first-order valence-electron chi connectivity index (χ1n) is 36.6. The van der Waals surface area contributed by atoms with E-state index < -0.39 is 0 Å². The second kappa shape index (κ2) is 25.9. The average Bonchev–Trinajstić information content (AvgIpc) is 0.692. The van der Waals surface area contributed by atoms with Gasteiger partial charge in [-0.3, -0.25) is 0 Å². The molecule has 0 saturated heterocycles. The molecule has 0 aliphatic carbocycles. The van der Waals surface area contributed by atoms with Crippen LogP contribution in [0, 0.1) is 0 Å². The summed E-state index contributed by atoms with van der Waals surface area (Å²) in [5, 5.41) is 0. The Kier molecular flexibility index (Phi) is 16.7. The maximum absolute atomic E-state index is 6.11. The van der Waals surface area contributed by atoms with Crippen LogP contribution < -0.4 is 26.2 Å². The van der Waals surface area contributed by atoms with Gasteiger partial charge in [0.05, 0.1) is 11.4 Å². The zero-order chi connectivity index (χ0) is 71.1. The number of fused-ring (bicyclic) bond motifs is 4. The molecule has 0 atom stereocenters. The van der Waals surface area contributed by atoms with Crippen LogP contribution in [0.3, 0.4) is 0 Å². The minimum absolute atomic E-state index is 0.168. The van der Waals surface area contributed by atoms with Crippen molar-refractivity contribution >= 4 is 57.2 Å². The van der Waals surface area contributed by atoms with Crippen LogP contribution in [0.2, 0.25) is 0 Å². The third kappa shape index (κ3) is 12.9. The van der Waals surface area contributed by atoms with Crippen molar-refractivity contribution in [3.05, 3.63) is 338 Å². The van der Waals surface area contributed by atoms with Crippen molar-refractivity contribution in [2.75, 3.05) is 9.80 Å². The molecule has 2 aliphatic heterocycles. The molecule has 3 heterocycles. The van der Waals surface area contributed by atoms with Crippen molar-refractivity contribution in [2.24, 2.45) is 0 Å². The molecule has 0 N–H and O–H groups in total.